The number of aldehydes is 1. The molecule has 0 spiro atoms. The Labute approximate surface area is 177 Å². The third-order valence-electron chi connectivity index (χ3n) is 4.21. The fourth-order valence-electron chi connectivity index (χ4n) is 2.95. The van der Waals surface area contributed by atoms with Crippen LogP contribution >= 0.6 is 15.9 Å². The number of hydrogen-bond acceptors (Lipinski definition) is 5. The van der Waals surface area contributed by atoms with Gasteiger partial charge in [0.2, 0.25) is 11.8 Å². The van der Waals surface area contributed by atoms with Crippen molar-refractivity contribution in [1.82, 2.24) is 9.97 Å². The Morgan fingerprint density at radius 1 is 0.793 bits per heavy atom. The summed E-state index contributed by atoms with van der Waals surface area (Å²) < 4.78 is 11.9. The third-order valence-corrected chi connectivity index (χ3v) is 4.90. The molecule has 0 fully saturated rings. The number of halogens is 1. The zero-order chi connectivity index (χ0) is 20.6. The topological polar surface area (TPSA) is 61.3 Å². The molecule has 0 bridgehead atoms. The predicted octanol–water partition coefficient (Wildman–Crippen LogP) is 5.84. The van der Waals surface area contributed by atoms with Gasteiger partial charge in [-0.15, -0.1) is 0 Å². The number of aromatic nitrogens is 2. The fourth-order valence-corrected chi connectivity index (χ4v) is 3.45. The third kappa shape index (κ3) is 4.71. The second-order valence-corrected chi connectivity index (χ2v) is 6.85. The molecule has 0 atom stereocenters. The largest absolute Gasteiger partial charge is 0.478 e. The van der Waals surface area contributed by atoms with Gasteiger partial charge in [0.25, 0.3) is 0 Å². The van der Waals surface area contributed by atoms with Gasteiger partial charge in [-0.1, -0.05) is 34.1 Å². The smallest absolute Gasteiger partial charge is 0.221 e. The van der Waals surface area contributed by atoms with E-state index in [-0.39, 0.29) is 0 Å². The van der Waals surface area contributed by atoms with Crippen LogP contribution in [0.2, 0.25) is 0 Å². The van der Waals surface area contributed by atoms with Crippen LogP contribution in [0.4, 0.5) is 0 Å². The molecule has 0 unspecified atom stereocenters. The molecule has 0 saturated heterocycles. The van der Waals surface area contributed by atoms with Crippen LogP contribution in [0.5, 0.6) is 11.8 Å². The number of carbonyl (C=O) groups excluding carboxylic acids is 1. The van der Waals surface area contributed by atoms with Gasteiger partial charge in [-0.25, -0.2) is 9.97 Å². The number of ether oxygens (including phenoxy) is 2. The Balaban J connectivity index is 0.000000166. The first kappa shape index (κ1) is 20.7. The first-order chi connectivity index (χ1) is 14.2. The number of carbonyl (C=O) groups is 1. The van der Waals surface area contributed by atoms with E-state index in [1.807, 2.05) is 56.3 Å². The van der Waals surface area contributed by atoms with E-state index in [1.165, 1.54) is 0 Å². The lowest BCUT2D eigenvalue weighted by molar-refractivity contribution is 0.112. The van der Waals surface area contributed by atoms with Crippen LogP contribution < -0.4 is 9.47 Å². The first-order valence-electron chi connectivity index (χ1n) is 9.31. The molecule has 2 aromatic carbocycles. The van der Waals surface area contributed by atoms with Crippen LogP contribution in [0.3, 0.4) is 0 Å². The van der Waals surface area contributed by atoms with E-state index in [9.17, 15) is 4.79 Å². The summed E-state index contributed by atoms with van der Waals surface area (Å²) in [5.74, 6) is 1.28. The second kappa shape index (κ2) is 9.98. The zero-order valence-electron chi connectivity index (χ0n) is 16.3. The molecule has 148 valence electrons. The van der Waals surface area contributed by atoms with E-state index in [0.29, 0.717) is 30.5 Å². The molecule has 0 aliphatic carbocycles. The molecule has 0 saturated carbocycles. The Kier molecular flexibility index (Phi) is 7.14. The average Bonchev–Trinajstić information content (AvgIpc) is 2.75. The molecular formula is C23H21BrN2O3. The van der Waals surface area contributed by atoms with Crippen molar-refractivity contribution in [3.8, 4) is 11.8 Å². The number of benzene rings is 2. The van der Waals surface area contributed by atoms with Crippen molar-refractivity contribution in [2.45, 2.75) is 13.8 Å². The summed E-state index contributed by atoms with van der Waals surface area (Å²) in [6.45, 7) is 5.07. The SMILES string of the molecule is CCOc1nccc2c(Br)cccc12.CCOc1nccc2c(C=O)cccc12. The molecule has 0 aliphatic rings. The summed E-state index contributed by atoms with van der Waals surface area (Å²) in [7, 11) is 0. The van der Waals surface area contributed by atoms with Crippen LogP contribution in [-0.4, -0.2) is 29.5 Å². The normalized spacial score (nSPS) is 10.3. The van der Waals surface area contributed by atoms with E-state index in [0.717, 1.165) is 32.3 Å². The Bertz CT molecular complexity index is 1130. The van der Waals surface area contributed by atoms with Gasteiger partial charge in [-0.05, 0) is 49.6 Å². The van der Waals surface area contributed by atoms with Gasteiger partial charge < -0.3 is 9.47 Å². The molecule has 0 aliphatic heterocycles. The first-order valence-corrected chi connectivity index (χ1v) is 10.1. The molecule has 0 N–H and O–H groups in total. The lowest BCUT2D eigenvalue weighted by atomic mass is 10.1. The fraction of sp³-hybridized carbons (Fsp3) is 0.174. The van der Waals surface area contributed by atoms with E-state index in [2.05, 4.69) is 25.9 Å². The highest BCUT2D eigenvalue weighted by Crippen LogP contribution is 2.28. The molecule has 2 aromatic heterocycles. The minimum atomic E-state index is 0.567. The highest BCUT2D eigenvalue weighted by atomic mass is 79.9. The molecule has 5 nitrogen and oxygen atoms in total. The zero-order valence-corrected chi connectivity index (χ0v) is 17.8. The van der Waals surface area contributed by atoms with Crippen LogP contribution in [0.1, 0.15) is 24.2 Å². The van der Waals surface area contributed by atoms with Crippen LogP contribution in [0, 0.1) is 0 Å². The van der Waals surface area contributed by atoms with Crippen molar-refractivity contribution in [2.24, 2.45) is 0 Å². The summed E-state index contributed by atoms with van der Waals surface area (Å²) in [6.07, 6.45) is 4.26. The Hall–Kier alpha value is -2.99. The summed E-state index contributed by atoms with van der Waals surface area (Å²) in [5.41, 5.74) is 0.663. The number of hydrogen-bond donors (Lipinski definition) is 0. The maximum absolute atomic E-state index is 10.8. The molecule has 0 radical (unpaired) electrons. The van der Waals surface area contributed by atoms with Gasteiger partial charge in [0, 0.05) is 38.6 Å². The van der Waals surface area contributed by atoms with Crippen molar-refractivity contribution >= 4 is 43.8 Å². The van der Waals surface area contributed by atoms with Gasteiger partial charge in [-0.3, -0.25) is 4.79 Å². The van der Waals surface area contributed by atoms with Gasteiger partial charge in [-0.2, -0.15) is 0 Å². The number of pyridine rings is 2. The Morgan fingerprint density at radius 2 is 1.34 bits per heavy atom. The number of fused-ring (bicyclic) bond motifs is 2. The van der Waals surface area contributed by atoms with E-state index in [4.69, 9.17) is 9.47 Å². The molecule has 6 heteroatoms. The minimum absolute atomic E-state index is 0.567. The standard InChI is InChI=1S/C12H11NO2.C11H10BrNO/c1-2-15-12-11-5-3-4-9(8-14)10(11)6-7-13-12;1-2-14-11-9-4-3-5-10(12)8(9)6-7-13-11/h3-8H,2H2,1H3;3-7H,2H2,1H3. The van der Waals surface area contributed by atoms with Gasteiger partial charge in [0.05, 0.1) is 13.2 Å². The number of rotatable bonds is 5. The van der Waals surface area contributed by atoms with Gasteiger partial charge in [0.1, 0.15) is 0 Å². The molecule has 29 heavy (non-hydrogen) atoms. The maximum atomic E-state index is 10.8. The van der Waals surface area contributed by atoms with Crippen molar-refractivity contribution in [1.29, 1.82) is 0 Å². The van der Waals surface area contributed by atoms with Crippen LogP contribution in [0.25, 0.3) is 21.5 Å². The summed E-state index contributed by atoms with van der Waals surface area (Å²) in [5, 5.41) is 3.93. The van der Waals surface area contributed by atoms with E-state index < -0.39 is 0 Å². The van der Waals surface area contributed by atoms with Gasteiger partial charge >= 0.3 is 0 Å². The lowest BCUT2D eigenvalue weighted by Gasteiger charge is -2.06. The van der Waals surface area contributed by atoms with Crippen molar-refractivity contribution in [3.63, 3.8) is 0 Å². The maximum Gasteiger partial charge on any atom is 0.221 e. The second-order valence-electron chi connectivity index (χ2n) is 5.99. The van der Waals surface area contributed by atoms with Crippen LogP contribution in [0.15, 0.2) is 65.4 Å². The summed E-state index contributed by atoms with van der Waals surface area (Å²) in [4.78, 5) is 19.2. The highest BCUT2D eigenvalue weighted by molar-refractivity contribution is 9.10. The molecule has 4 rings (SSSR count). The van der Waals surface area contributed by atoms with Crippen molar-refractivity contribution in [2.75, 3.05) is 13.2 Å². The quantitative estimate of drug-likeness (QED) is 0.355. The predicted molar refractivity (Wildman–Crippen MR) is 119 cm³/mol. The van der Waals surface area contributed by atoms with E-state index in [1.54, 1.807) is 18.5 Å². The minimum Gasteiger partial charge on any atom is -0.478 e. The van der Waals surface area contributed by atoms with Crippen molar-refractivity contribution < 1.29 is 14.3 Å². The van der Waals surface area contributed by atoms with E-state index >= 15 is 0 Å². The molecule has 0 amide bonds. The number of nitrogens with zero attached hydrogens (tertiary/aromatic N) is 2. The lowest BCUT2D eigenvalue weighted by Crippen LogP contribution is -1.95. The summed E-state index contributed by atoms with van der Waals surface area (Å²) in [6, 6.07) is 15.3. The van der Waals surface area contributed by atoms with Crippen LogP contribution in [-0.2, 0) is 0 Å². The molecule has 2 heterocycles. The molecule has 4 aromatic rings. The summed E-state index contributed by atoms with van der Waals surface area (Å²) >= 11 is 3.50. The average molecular weight is 453 g/mol. The monoisotopic (exact) mass is 452 g/mol. The van der Waals surface area contributed by atoms with Crippen molar-refractivity contribution in [3.05, 3.63) is 71.0 Å². The van der Waals surface area contributed by atoms with Gasteiger partial charge in [0.15, 0.2) is 6.29 Å². The highest BCUT2D eigenvalue weighted by Gasteiger charge is 2.06. The Morgan fingerprint density at radius 3 is 1.93 bits per heavy atom. The molecular weight excluding hydrogens is 432 g/mol.